The number of nitrogens with two attached hydrogens (primary N) is 1. The van der Waals surface area contributed by atoms with Gasteiger partial charge in [-0.15, -0.1) is 0 Å². The molecule has 1 aliphatic rings. The minimum absolute atomic E-state index is 0.383. The van der Waals surface area contributed by atoms with E-state index in [-0.39, 0.29) is 0 Å². The maximum atomic E-state index is 5.77. The van der Waals surface area contributed by atoms with Crippen molar-refractivity contribution in [1.82, 2.24) is 9.97 Å². The Morgan fingerprint density at radius 3 is 2.53 bits per heavy atom. The van der Waals surface area contributed by atoms with Crippen LogP contribution in [0.2, 0.25) is 0 Å². The van der Waals surface area contributed by atoms with Crippen molar-refractivity contribution in [3.05, 3.63) is 18.1 Å². The Hall–Kier alpha value is -1.16. The zero-order valence-electron chi connectivity index (χ0n) is 10.3. The Labute approximate surface area is 103 Å². The van der Waals surface area contributed by atoms with Crippen molar-refractivity contribution in [2.45, 2.75) is 45.1 Å². The highest BCUT2D eigenvalue weighted by Crippen LogP contribution is 2.23. The van der Waals surface area contributed by atoms with E-state index in [1.807, 2.05) is 0 Å². The summed E-state index contributed by atoms with van der Waals surface area (Å²) in [6.45, 7) is 1.14. The number of aromatic nitrogens is 2. The summed E-state index contributed by atoms with van der Waals surface area (Å²) in [6, 6.07) is 0. The van der Waals surface area contributed by atoms with Crippen LogP contribution in [0.1, 0.15) is 44.2 Å². The van der Waals surface area contributed by atoms with Gasteiger partial charge in [-0.3, -0.25) is 4.98 Å². The van der Waals surface area contributed by atoms with Crippen molar-refractivity contribution < 1.29 is 4.74 Å². The lowest BCUT2D eigenvalue weighted by Crippen LogP contribution is -2.14. The Bertz CT molecular complexity index is 335. The minimum atomic E-state index is 0.383. The van der Waals surface area contributed by atoms with Crippen LogP contribution < -0.4 is 10.5 Å². The van der Waals surface area contributed by atoms with Crippen LogP contribution in [0.15, 0.2) is 12.4 Å². The first kappa shape index (κ1) is 12.3. The molecule has 0 saturated heterocycles. The van der Waals surface area contributed by atoms with Gasteiger partial charge in [0.05, 0.1) is 6.61 Å². The van der Waals surface area contributed by atoms with Crippen molar-refractivity contribution in [2.24, 2.45) is 11.7 Å². The van der Waals surface area contributed by atoms with Crippen LogP contribution in [-0.4, -0.2) is 16.6 Å². The predicted molar refractivity (Wildman–Crippen MR) is 66.6 cm³/mol. The van der Waals surface area contributed by atoms with Crippen molar-refractivity contribution >= 4 is 0 Å². The van der Waals surface area contributed by atoms with E-state index in [1.165, 1.54) is 38.5 Å². The molecule has 0 aromatic carbocycles. The average molecular weight is 235 g/mol. The van der Waals surface area contributed by atoms with E-state index >= 15 is 0 Å². The van der Waals surface area contributed by atoms with Gasteiger partial charge in [-0.1, -0.05) is 25.7 Å². The second-order valence-corrected chi connectivity index (χ2v) is 4.68. The number of ether oxygens (including phenoxy) is 1. The zero-order chi connectivity index (χ0) is 11.9. The topological polar surface area (TPSA) is 61.0 Å². The summed E-state index contributed by atoms with van der Waals surface area (Å²) >= 11 is 0. The van der Waals surface area contributed by atoms with Gasteiger partial charge in [0, 0.05) is 18.9 Å². The van der Waals surface area contributed by atoms with Crippen LogP contribution in [0.4, 0.5) is 0 Å². The third kappa shape index (κ3) is 3.66. The Morgan fingerprint density at radius 1 is 1.12 bits per heavy atom. The fourth-order valence-corrected chi connectivity index (χ4v) is 2.34. The summed E-state index contributed by atoms with van der Waals surface area (Å²) in [7, 11) is 0. The summed E-state index contributed by atoms with van der Waals surface area (Å²) in [4.78, 5) is 8.36. The summed E-state index contributed by atoms with van der Waals surface area (Å²) < 4.78 is 5.77. The van der Waals surface area contributed by atoms with Gasteiger partial charge < -0.3 is 10.5 Å². The second kappa shape index (κ2) is 6.55. The molecule has 0 unspecified atom stereocenters. The van der Waals surface area contributed by atoms with Gasteiger partial charge in [0.2, 0.25) is 5.88 Å². The molecule has 0 radical (unpaired) electrons. The fraction of sp³-hybridized carbons (Fsp3) is 0.692. The Balaban J connectivity index is 1.87. The van der Waals surface area contributed by atoms with E-state index in [0.29, 0.717) is 18.3 Å². The fourth-order valence-electron chi connectivity index (χ4n) is 2.34. The lowest BCUT2D eigenvalue weighted by atomic mass is 10.0. The monoisotopic (exact) mass is 235 g/mol. The number of nitrogens with zero attached hydrogens (tertiary/aromatic N) is 2. The van der Waals surface area contributed by atoms with Gasteiger partial charge in [-0.25, -0.2) is 4.98 Å². The largest absolute Gasteiger partial charge is 0.476 e. The predicted octanol–water partition coefficient (Wildman–Crippen LogP) is 2.28. The first-order valence-electron chi connectivity index (χ1n) is 6.53. The minimum Gasteiger partial charge on any atom is -0.476 e. The van der Waals surface area contributed by atoms with E-state index in [0.717, 1.165) is 12.3 Å². The maximum absolute atomic E-state index is 5.77. The molecule has 4 nitrogen and oxygen atoms in total. The Morgan fingerprint density at radius 2 is 1.82 bits per heavy atom. The third-order valence-corrected chi connectivity index (χ3v) is 3.36. The lowest BCUT2D eigenvalue weighted by molar-refractivity contribution is 0.223. The molecule has 1 fully saturated rings. The summed E-state index contributed by atoms with van der Waals surface area (Å²) in [5.74, 6) is 1.28. The second-order valence-electron chi connectivity index (χ2n) is 4.68. The summed E-state index contributed by atoms with van der Waals surface area (Å²) in [6.07, 6.45) is 11.3. The molecule has 2 rings (SSSR count). The number of hydrogen-bond donors (Lipinski definition) is 1. The molecule has 0 spiro atoms. The standard InChI is InChI=1S/C13H21N3O/c14-9-12-13(16-8-7-15-12)17-10-11-5-3-1-2-4-6-11/h7-8,11H,1-6,9-10,14H2. The van der Waals surface area contributed by atoms with Crippen LogP contribution in [0.5, 0.6) is 5.88 Å². The quantitative estimate of drug-likeness (QED) is 0.813. The van der Waals surface area contributed by atoms with Gasteiger partial charge >= 0.3 is 0 Å². The average Bonchev–Trinajstić information content (AvgIpc) is 2.65. The third-order valence-electron chi connectivity index (χ3n) is 3.36. The summed E-state index contributed by atoms with van der Waals surface area (Å²) in [5, 5.41) is 0. The molecule has 0 bridgehead atoms. The van der Waals surface area contributed by atoms with Gasteiger partial charge in [-0.2, -0.15) is 0 Å². The molecule has 0 aliphatic heterocycles. The molecule has 2 N–H and O–H groups in total. The summed E-state index contributed by atoms with van der Waals surface area (Å²) in [5.41, 5.74) is 6.35. The zero-order valence-corrected chi connectivity index (χ0v) is 10.3. The molecular weight excluding hydrogens is 214 g/mol. The molecule has 4 heteroatoms. The smallest absolute Gasteiger partial charge is 0.236 e. The molecule has 0 atom stereocenters. The van der Waals surface area contributed by atoms with Gasteiger partial charge in [0.25, 0.3) is 0 Å². The van der Waals surface area contributed by atoms with E-state index in [1.54, 1.807) is 12.4 Å². The lowest BCUT2D eigenvalue weighted by Gasteiger charge is -2.15. The Kier molecular flexibility index (Phi) is 4.74. The SMILES string of the molecule is NCc1nccnc1OCC1CCCCCC1. The molecule has 0 amide bonds. The normalized spacial score (nSPS) is 17.7. The molecule has 1 aromatic rings. The highest BCUT2D eigenvalue weighted by atomic mass is 16.5. The van der Waals surface area contributed by atoms with E-state index in [2.05, 4.69) is 9.97 Å². The molecule has 94 valence electrons. The molecular formula is C13H21N3O. The number of hydrogen-bond acceptors (Lipinski definition) is 4. The molecule has 1 saturated carbocycles. The number of rotatable bonds is 4. The maximum Gasteiger partial charge on any atom is 0.236 e. The van der Waals surface area contributed by atoms with Crippen LogP contribution in [0, 0.1) is 5.92 Å². The van der Waals surface area contributed by atoms with Gasteiger partial charge in [0.15, 0.2) is 0 Å². The van der Waals surface area contributed by atoms with Crippen LogP contribution in [-0.2, 0) is 6.54 Å². The molecule has 17 heavy (non-hydrogen) atoms. The first-order chi connectivity index (χ1) is 8.40. The van der Waals surface area contributed by atoms with Crippen molar-refractivity contribution in [3.63, 3.8) is 0 Å². The van der Waals surface area contributed by atoms with Gasteiger partial charge in [-0.05, 0) is 18.8 Å². The van der Waals surface area contributed by atoms with Crippen LogP contribution >= 0.6 is 0 Å². The van der Waals surface area contributed by atoms with Crippen molar-refractivity contribution in [3.8, 4) is 5.88 Å². The molecule has 1 aliphatic carbocycles. The van der Waals surface area contributed by atoms with E-state index in [4.69, 9.17) is 10.5 Å². The van der Waals surface area contributed by atoms with E-state index in [9.17, 15) is 0 Å². The van der Waals surface area contributed by atoms with Crippen molar-refractivity contribution in [1.29, 1.82) is 0 Å². The van der Waals surface area contributed by atoms with Crippen LogP contribution in [0.3, 0.4) is 0 Å². The van der Waals surface area contributed by atoms with Gasteiger partial charge in [0.1, 0.15) is 5.69 Å². The highest BCUT2D eigenvalue weighted by Gasteiger charge is 2.14. The molecule has 1 aromatic heterocycles. The molecule has 1 heterocycles. The van der Waals surface area contributed by atoms with Crippen LogP contribution in [0.25, 0.3) is 0 Å². The van der Waals surface area contributed by atoms with Crippen molar-refractivity contribution in [2.75, 3.05) is 6.61 Å². The highest BCUT2D eigenvalue weighted by molar-refractivity contribution is 5.16. The van der Waals surface area contributed by atoms with E-state index < -0.39 is 0 Å². The first-order valence-corrected chi connectivity index (χ1v) is 6.53.